The van der Waals surface area contributed by atoms with Gasteiger partial charge in [-0.1, -0.05) is 12.1 Å². The van der Waals surface area contributed by atoms with Crippen molar-refractivity contribution in [2.75, 3.05) is 23.7 Å². The van der Waals surface area contributed by atoms with Crippen LogP contribution in [0, 0.1) is 11.6 Å². The number of carbonyl (C=O) groups excluding carboxylic acids is 1. The fourth-order valence-corrected chi connectivity index (χ4v) is 4.99. The van der Waals surface area contributed by atoms with Crippen LogP contribution in [0.2, 0.25) is 0 Å². The highest BCUT2D eigenvalue weighted by atomic mass is 32.1. The second-order valence-corrected chi connectivity index (χ2v) is 9.23. The van der Waals surface area contributed by atoms with Gasteiger partial charge in [0.2, 0.25) is 0 Å². The molecule has 3 aromatic rings. The van der Waals surface area contributed by atoms with Gasteiger partial charge >= 0.3 is 12.0 Å². The number of hydrogen-bond acceptors (Lipinski definition) is 5. The maximum atomic E-state index is 13.7. The number of aromatic nitrogens is 1. The Morgan fingerprint density at radius 2 is 1.82 bits per heavy atom. The molecule has 178 valence electrons. The fourth-order valence-electron chi connectivity index (χ4n) is 3.89. The van der Waals surface area contributed by atoms with Crippen molar-refractivity contribution in [3.8, 4) is 10.4 Å². The van der Waals surface area contributed by atoms with Gasteiger partial charge in [0.25, 0.3) is 0 Å². The number of urea groups is 1. The second-order valence-electron chi connectivity index (χ2n) is 8.17. The van der Waals surface area contributed by atoms with Gasteiger partial charge in [-0.05, 0) is 62.7 Å². The molecule has 0 bridgehead atoms. The topological polar surface area (TPSA) is 94.6 Å². The molecule has 3 N–H and O–H groups in total. The van der Waals surface area contributed by atoms with Crippen molar-refractivity contribution in [3.05, 3.63) is 65.3 Å². The largest absolute Gasteiger partial charge is 0.480 e. The molecule has 1 atom stereocenters. The molecule has 1 aromatic heterocycles. The van der Waals surface area contributed by atoms with Crippen molar-refractivity contribution in [3.63, 3.8) is 0 Å². The van der Waals surface area contributed by atoms with Crippen molar-refractivity contribution in [2.45, 2.75) is 31.7 Å². The Kier molecular flexibility index (Phi) is 7.18. The zero-order chi connectivity index (χ0) is 24.2. The van der Waals surface area contributed by atoms with Gasteiger partial charge in [0.05, 0.1) is 15.6 Å². The van der Waals surface area contributed by atoms with Crippen molar-refractivity contribution in [1.29, 1.82) is 0 Å². The van der Waals surface area contributed by atoms with Crippen molar-refractivity contribution in [1.82, 2.24) is 9.88 Å². The van der Waals surface area contributed by atoms with E-state index in [9.17, 15) is 23.5 Å². The van der Waals surface area contributed by atoms with Gasteiger partial charge in [-0.3, -0.25) is 9.69 Å². The Morgan fingerprint density at radius 1 is 1.12 bits per heavy atom. The Morgan fingerprint density at radius 3 is 2.47 bits per heavy atom. The monoisotopic (exact) mass is 486 g/mol. The first-order valence-corrected chi connectivity index (χ1v) is 11.7. The van der Waals surface area contributed by atoms with Gasteiger partial charge in [-0.2, -0.15) is 0 Å². The van der Waals surface area contributed by atoms with Gasteiger partial charge in [-0.15, -0.1) is 11.3 Å². The average Bonchev–Trinajstić information content (AvgIpc) is 3.31. The average molecular weight is 487 g/mol. The molecule has 0 saturated carbocycles. The Labute approximate surface area is 199 Å². The summed E-state index contributed by atoms with van der Waals surface area (Å²) in [7, 11) is 0. The molecule has 34 heavy (non-hydrogen) atoms. The van der Waals surface area contributed by atoms with Crippen molar-refractivity contribution >= 4 is 34.7 Å². The SMILES string of the molecule is CC(C(=O)O)N1CCC(c2ncc(-c3ccc(NC(=O)Nc4ccc(F)cc4F)cc3)s2)CC1. The van der Waals surface area contributed by atoms with Crippen LogP contribution in [0.4, 0.5) is 25.0 Å². The minimum Gasteiger partial charge on any atom is -0.480 e. The second kappa shape index (κ2) is 10.3. The van der Waals surface area contributed by atoms with E-state index in [0.29, 0.717) is 17.7 Å². The number of aliphatic carboxylic acids is 1. The van der Waals surface area contributed by atoms with E-state index >= 15 is 0 Å². The third-order valence-electron chi connectivity index (χ3n) is 5.91. The predicted molar refractivity (Wildman–Crippen MR) is 127 cm³/mol. The van der Waals surface area contributed by atoms with Crippen LogP contribution >= 0.6 is 11.3 Å². The third kappa shape index (κ3) is 5.57. The smallest absolute Gasteiger partial charge is 0.323 e. The number of carboxylic acid groups (broad SMARTS) is 1. The number of thiazole rings is 1. The fraction of sp³-hybridized carbons (Fsp3) is 0.292. The summed E-state index contributed by atoms with van der Waals surface area (Å²) in [6.07, 6.45) is 3.58. The first-order valence-electron chi connectivity index (χ1n) is 10.9. The molecule has 7 nitrogen and oxygen atoms in total. The van der Waals surface area contributed by atoms with Gasteiger partial charge in [0, 0.05) is 23.9 Å². The van der Waals surface area contributed by atoms with Gasteiger partial charge in [-0.25, -0.2) is 18.6 Å². The maximum absolute atomic E-state index is 13.7. The molecule has 1 aliphatic rings. The lowest BCUT2D eigenvalue weighted by molar-refractivity contribution is -0.143. The minimum atomic E-state index is -0.853. The number of likely N-dealkylation sites (tertiary alicyclic amines) is 1. The summed E-state index contributed by atoms with van der Waals surface area (Å²) in [6, 6.07) is 9.02. The van der Waals surface area contributed by atoms with Crippen LogP contribution in [0.1, 0.15) is 30.7 Å². The molecule has 4 rings (SSSR count). The van der Waals surface area contributed by atoms with Gasteiger partial charge in [0.1, 0.15) is 17.7 Å². The first kappa shape index (κ1) is 23.8. The summed E-state index contributed by atoms with van der Waals surface area (Å²) in [6.45, 7) is 3.18. The van der Waals surface area contributed by atoms with Crippen LogP contribution in [0.5, 0.6) is 0 Å². The highest BCUT2D eigenvalue weighted by molar-refractivity contribution is 7.15. The maximum Gasteiger partial charge on any atom is 0.323 e. The minimum absolute atomic E-state index is 0.115. The van der Waals surface area contributed by atoms with Crippen molar-refractivity contribution in [2.24, 2.45) is 0 Å². The standard InChI is InChI=1S/C24H24F2N4O3S/c1-14(23(31)32)30-10-8-16(9-11-30)22-27-13-21(34-22)15-2-5-18(6-3-15)28-24(33)29-20-7-4-17(25)12-19(20)26/h2-7,12-14,16H,8-11H2,1H3,(H,31,32)(H2,28,29,33). The summed E-state index contributed by atoms with van der Waals surface area (Å²) in [5, 5.41) is 15.2. The van der Waals surface area contributed by atoms with E-state index in [1.165, 1.54) is 0 Å². The number of carboxylic acids is 1. The van der Waals surface area contributed by atoms with E-state index in [1.807, 2.05) is 23.2 Å². The molecule has 0 radical (unpaired) electrons. The van der Waals surface area contributed by atoms with Crippen molar-refractivity contribution < 1.29 is 23.5 Å². The Balaban J connectivity index is 1.34. The number of halogens is 2. The summed E-state index contributed by atoms with van der Waals surface area (Å²) >= 11 is 1.61. The first-order chi connectivity index (χ1) is 16.3. The van der Waals surface area contributed by atoms with Crippen LogP contribution in [0.3, 0.4) is 0 Å². The number of amides is 2. The number of carbonyl (C=O) groups is 2. The molecule has 2 aromatic carbocycles. The molecule has 10 heteroatoms. The van der Waals surface area contributed by atoms with E-state index in [2.05, 4.69) is 15.6 Å². The van der Waals surface area contributed by atoms with E-state index in [4.69, 9.17) is 0 Å². The van der Waals surface area contributed by atoms with Crippen LogP contribution in [0.15, 0.2) is 48.7 Å². The number of anilines is 2. The summed E-state index contributed by atoms with van der Waals surface area (Å²) in [5.74, 6) is -2.06. The molecule has 0 aliphatic carbocycles. The molecular formula is C24H24F2N4O3S. The molecule has 1 aliphatic heterocycles. The molecular weight excluding hydrogens is 462 g/mol. The zero-order valence-electron chi connectivity index (χ0n) is 18.4. The number of benzene rings is 2. The highest BCUT2D eigenvalue weighted by Crippen LogP contribution is 2.35. The summed E-state index contributed by atoms with van der Waals surface area (Å²) < 4.78 is 26.7. The van der Waals surface area contributed by atoms with E-state index < -0.39 is 29.7 Å². The van der Waals surface area contributed by atoms with E-state index in [1.54, 1.807) is 30.4 Å². The lowest BCUT2D eigenvalue weighted by atomic mass is 9.96. The lowest BCUT2D eigenvalue weighted by Gasteiger charge is -2.33. The van der Waals surface area contributed by atoms with Gasteiger partial charge in [0.15, 0.2) is 0 Å². The molecule has 2 amide bonds. The number of piperidine rings is 1. The van der Waals surface area contributed by atoms with Crippen LogP contribution in [0.25, 0.3) is 10.4 Å². The number of nitrogens with one attached hydrogen (secondary N) is 2. The summed E-state index contributed by atoms with van der Waals surface area (Å²) in [5.41, 5.74) is 1.36. The highest BCUT2D eigenvalue weighted by Gasteiger charge is 2.28. The molecule has 1 unspecified atom stereocenters. The number of hydrogen-bond donors (Lipinski definition) is 3. The van der Waals surface area contributed by atoms with Crippen LogP contribution < -0.4 is 10.6 Å². The summed E-state index contributed by atoms with van der Waals surface area (Å²) in [4.78, 5) is 30.9. The number of rotatable bonds is 6. The molecule has 1 saturated heterocycles. The quantitative estimate of drug-likeness (QED) is 0.435. The van der Waals surface area contributed by atoms with Crippen LogP contribution in [-0.4, -0.2) is 46.1 Å². The third-order valence-corrected chi connectivity index (χ3v) is 7.12. The van der Waals surface area contributed by atoms with E-state index in [-0.39, 0.29) is 5.69 Å². The molecule has 2 heterocycles. The molecule has 1 fully saturated rings. The zero-order valence-corrected chi connectivity index (χ0v) is 19.2. The Bertz CT molecular complexity index is 1180. The molecule has 0 spiro atoms. The van der Waals surface area contributed by atoms with E-state index in [0.717, 1.165) is 53.5 Å². The van der Waals surface area contributed by atoms with Crippen LogP contribution in [-0.2, 0) is 4.79 Å². The normalized spacial score (nSPS) is 15.6. The Hall–Kier alpha value is -3.37. The predicted octanol–water partition coefficient (Wildman–Crippen LogP) is 5.38. The van der Waals surface area contributed by atoms with Gasteiger partial charge < -0.3 is 15.7 Å². The number of nitrogens with zero attached hydrogens (tertiary/aromatic N) is 2. The lowest BCUT2D eigenvalue weighted by Crippen LogP contribution is -2.43.